The van der Waals surface area contributed by atoms with Gasteiger partial charge in [0.25, 0.3) is 0 Å². The first-order valence-corrected chi connectivity index (χ1v) is 13.4. The lowest BCUT2D eigenvalue weighted by molar-refractivity contribution is 0.187. The molecule has 1 aromatic heterocycles. The van der Waals surface area contributed by atoms with E-state index in [1.54, 1.807) is 0 Å². The van der Waals surface area contributed by atoms with E-state index in [9.17, 15) is 0 Å². The summed E-state index contributed by atoms with van der Waals surface area (Å²) in [6.07, 6.45) is 3.34. The zero-order valence-corrected chi connectivity index (χ0v) is 21.8. The maximum atomic E-state index is 6.31. The first-order chi connectivity index (χ1) is 17.5. The molecule has 0 unspecified atom stereocenters. The molecule has 36 heavy (non-hydrogen) atoms. The van der Waals surface area contributed by atoms with Crippen LogP contribution in [-0.4, -0.2) is 72.8 Å². The number of fused-ring (bicyclic) bond motifs is 2. The average molecular weight is 487 g/mol. The molecule has 6 rings (SSSR count). The van der Waals surface area contributed by atoms with Crippen LogP contribution < -0.4 is 19.9 Å². The number of hydrogen-bond donors (Lipinski definition) is 1. The van der Waals surface area contributed by atoms with Crippen molar-refractivity contribution in [1.29, 1.82) is 0 Å². The Hall–Kier alpha value is -2.90. The van der Waals surface area contributed by atoms with Crippen molar-refractivity contribution in [2.45, 2.75) is 51.2 Å². The third-order valence-corrected chi connectivity index (χ3v) is 8.26. The number of ether oxygens (including phenoxy) is 1. The molecule has 2 fully saturated rings. The van der Waals surface area contributed by atoms with Gasteiger partial charge in [0.15, 0.2) is 0 Å². The van der Waals surface area contributed by atoms with Crippen molar-refractivity contribution in [2.75, 3.05) is 56.2 Å². The highest BCUT2D eigenvalue weighted by Crippen LogP contribution is 2.36. The number of nitrogens with one attached hydrogen (secondary N) is 1. The third kappa shape index (κ3) is 4.39. The van der Waals surface area contributed by atoms with E-state index in [4.69, 9.17) is 14.7 Å². The van der Waals surface area contributed by atoms with E-state index in [2.05, 4.69) is 83.4 Å². The van der Waals surface area contributed by atoms with Crippen molar-refractivity contribution >= 4 is 22.3 Å². The lowest BCUT2D eigenvalue weighted by atomic mass is 9.97. The van der Waals surface area contributed by atoms with Crippen LogP contribution in [-0.2, 0) is 13.0 Å². The van der Waals surface area contributed by atoms with Gasteiger partial charge in [-0.25, -0.2) is 0 Å². The third-order valence-electron chi connectivity index (χ3n) is 8.26. The van der Waals surface area contributed by atoms with Gasteiger partial charge in [0.05, 0.1) is 12.2 Å². The summed E-state index contributed by atoms with van der Waals surface area (Å²) in [6, 6.07) is 16.2. The molecule has 1 atom stereocenters. The zero-order valence-electron chi connectivity index (χ0n) is 21.8. The predicted octanol–water partition coefficient (Wildman–Crippen LogP) is 3.85. The summed E-state index contributed by atoms with van der Waals surface area (Å²) in [5.74, 6) is 1.07. The van der Waals surface area contributed by atoms with Gasteiger partial charge in [-0.05, 0) is 58.2 Å². The van der Waals surface area contributed by atoms with E-state index >= 15 is 0 Å². The van der Waals surface area contributed by atoms with E-state index in [-0.39, 0.29) is 5.54 Å². The molecule has 3 aliphatic heterocycles. The fraction of sp³-hybridized carbons (Fsp3) is 0.517. The second-order valence-corrected chi connectivity index (χ2v) is 11.2. The van der Waals surface area contributed by atoms with Gasteiger partial charge in [0.2, 0.25) is 0 Å². The van der Waals surface area contributed by atoms with Gasteiger partial charge >= 0.3 is 6.01 Å². The zero-order chi connectivity index (χ0) is 24.7. The molecule has 2 aromatic carbocycles. The maximum Gasteiger partial charge on any atom is 0.318 e. The first-order valence-electron chi connectivity index (χ1n) is 13.4. The molecular weight excluding hydrogens is 448 g/mol. The Bertz CT molecular complexity index is 1240. The van der Waals surface area contributed by atoms with Crippen LogP contribution in [0, 0.1) is 0 Å². The number of piperazine rings is 1. The molecule has 0 saturated carbocycles. The van der Waals surface area contributed by atoms with Crippen molar-refractivity contribution in [3.8, 4) is 6.01 Å². The van der Waals surface area contributed by atoms with E-state index in [0.717, 1.165) is 57.2 Å². The van der Waals surface area contributed by atoms with Crippen molar-refractivity contribution in [3.05, 3.63) is 53.7 Å². The maximum absolute atomic E-state index is 6.31. The predicted molar refractivity (Wildman–Crippen MR) is 146 cm³/mol. The number of rotatable bonds is 5. The molecule has 190 valence electrons. The van der Waals surface area contributed by atoms with E-state index in [0.29, 0.717) is 18.7 Å². The Morgan fingerprint density at radius 1 is 1.06 bits per heavy atom. The summed E-state index contributed by atoms with van der Waals surface area (Å²) in [6.45, 7) is 11.0. The summed E-state index contributed by atoms with van der Waals surface area (Å²) in [4.78, 5) is 17.4. The number of likely N-dealkylation sites (tertiary alicyclic amines) is 1. The Morgan fingerprint density at radius 2 is 1.92 bits per heavy atom. The molecule has 7 heteroatoms. The summed E-state index contributed by atoms with van der Waals surface area (Å²) >= 11 is 0. The van der Waals surface area contributed by atoms with Gasteiger partial charge in [-0.1, -0.05) is 36.4 Å². The molecule has 1 N–H and O–H groups in total. The lowest BCUT2D eigenvalue weighted by Gasteiger charge is -2.45. The highest BCUT2D eigenvalue weighted by Gasteiger charge is 2.35. The molecule has 7 nitrogen and oxygen atoms in total. The Labute approximate surface area is 214 Å². The fourth-order valence-corrected chi connectivity index (χ4v) is 6.10. The molecule has 3 aliphatic rings. The van der Waals surface area contributed by atoms with Gasteiger partial charge in [-0.2, -0.15) is 9.97 Å². The Morgan fingerprint density at radius 3 is 2.75 bits per heavy atom. The molecular formula is C29H38N6O. The smallest absolute Gasteiger partial charge is 0.318 e. The number of likely N-dealkylation sites (N-methyl/N-ethyl adjacent to an activating group) is 1. The molecule has 3 aromatic rings. The summed E-state index contributed by atoms with van der Waals surface area (Å²) in [5.41, 5.74) is 3.64. The van der Waals surface area contributed by atoms with E-state index in [1.807, 2.05) is 0 Å². The molecule has 0 aliphatic carbocycles. The monoisotopic (exact) mass is 486 g/mol. The van der Waals surface area contributed by atoms with Crippen LogP contribution >= 0.6 is 0 Å². The first kappa shape index (κ1) is 23.5. The minimum absolute atomic E-state index is 0.0178. The van der Waals surface area contributed by atoms with Gasteiger partial charge in [-0.15, -0.1) is 0 Å². The second kappa shape index (κ2) is 9.52. The van der Waals surface area contributed by atoms with Crippen molar-refractivity contribution in [3.63, 3.8) is 0 Å². The van der Waals surface area contributed by atoms with Crippen LogP contribution in [0.4, 0.5) is 11.5 Å². The van der Waals surface area contributed by atoms with Crippen LogP contribution in [0.15, 0.2) is 42.5 Å². The SMILES string of the molecule is CN1CCC[C@H]1COc1nc2c(c(N3CCNCC3(C)C)n1)CCN(c1cccc3ccccc13)C2. The molecule has 0 amide bonds. The van der Waals surface area contributed by atoms with Crippen LogP contribution in [0.5, 0.6) is 6.01 Å². The quantitative estimate of drug-likeness (QED) is 0.588. The van der Waals surface area contributed by atoms with E-state index < -0.39 is 0 Å². The normalized spacial score (nSPS) is 22.1. The standard InChI is InChI=1S/C29H38N6O/c1-29(2)20-30-14-17-35(29)27-24-13-16-34(26-12-6-9-21-8-4-5-11-23(21)26)18-25(24)31-28(32-27)36-19-22-10-7-15-33(22)3/h4-6,8-9,11-12,22,30H,7,10,13-20H2,1-3H3/t22-/m0/s1. The number of hydrogen-bond acceptors (Lipinski definition) is 7. The van der Waals surface area contributed by atoms with Crippen molar-refractivity contribution < 1.29 is 4.74 Å². The molecule has 4 heterocycles. The largest absolute Gasteiger partial charge is 0.462 e. The molecule has 2 saturated heterocycles. The van der Waals surface area contributed by atoms with E-state index in [1.165, 1.54) is 34.9 Å². The number of nitrogens with zero attached hydrogens (tertiary/aromatic N) is 5. The minimum atomic E-state index is -0.0178. The van der Waals surface area contributed by atoms with Gasteiger partial charge in [0, 0.05) is 54.4 Å². The second-order valence-electron chi connectivity index (χ2n) is 11.2. The van der Waals surface area contributed by atoms with Gasteiger partial charge in [-0.3, -0.25) is 0 Å². The number of aromatic nitrogens is 2. The highest BCUT2D eigenvalue weighted by atomic mass is 16.5. The average Bonchev–Trinajstić information content (AvgIpc) is 3.30. The summed E-state index contributed by atoms with van der Waals surface area (Å²) < 4.78 is 6.31. The number of benzene rings is 2. The summed E-state index contributed by atoms with van der Waals surface area (Å²) in [5, 5.41) is 6.12. The van der Waals surface area contributed by atoms with Crippen LogP contribution in [0.25, 0.3) is 10.8 Å². The molecule has 0 bridgehead atoms. The van der Waals surface area contributed by atoms with Crippen LogP contribution in [0.2, 0.25) is 0 Å². The van der Waals surface area contributed by atoms with Gasteiger partial charge < -0.3 is 24.8 Å². The summed E-state index contributed by atoms with van der Waals surface area (Å²) in [7, 11) is 2.19. The molecule has 0 radical (unpaired) electrons. The lowest BCUT2D eigenvalue weighted by Crippen LogP contribution is -2.58. The van der Waals surface area contributed by atoms with Crippen molar-refractivity contribution in [1.82, 2.24) is 20.2 Å². The highest BCUT2D eigenvalue weighted by molar-refractivity contribution is 5.94. The Balaban J connectivity index is 1.36. The van der Waals surface area contributed by atoms with Gasteiger partial charge in [0.1, 0.15) is 12.4 Å². The Kier molecular flexibility index (Phi) is 6.21. The molecule has 0 spiro atoms. The van der Waals surface area contributed by atoms with Crippen LogP contribution in [0.3, 0.4) is 0 Å². The minimum Gasteiger partial charge on any atom is -0.462 e. The number of anilines is 2. The fourth-order valence-electron chi connectivity index (χ4n) is 6.10. The van der Waals surface area contributed by atoms with Crippen LogP contribution in [0.1, 0.15) is 37.9 Å². The van der Waals surface area contributed by atoms with Crippen molar-refractivity contribution in [2.24, 2.45) is 0 Å². The topological polar surface area (TPSA) is 56.8 Å².